The van der Waals surface area contributed by atoms with Crippen molar-refractivity contribution in [2.24, 2.45) is 0 Å². The molecule has 0 amide bonds. The first kappa shape index (κ1) is 8.45. The molecule has 2 aromatic carbocycles. The predicted octanol–water partition coefficient (Wildman–Crippen LogP) is 3.02. The van der Waals surface area contributed by atoms with Gasteiger partial charge >= 0.3 is 0 Å². The number of anilines is 1. The first-order chi connectivity index (χ1) is 6.18. The molecule has 0 spiro atoms. The molecule has 0 aromatic heterocycles. The van der Waals surface area contributed by atoms with Gasteiger partial charge < -0.3 is 5.73 Å². The van der Waals surface area contributed by atoms with E-state index in [1.165, 1.54) is 10.9 Å². The second-order valence-corrected chi connectivity index (χ2v) is 3.72. The van der Waals surface area contributed by atoms with Crippen molar-refractivity contribution in [3.8, 4) is 0 Å². The summed E-state index contributed by atoms with van der Waals surface area (Å²) in [4.78, 5) is 0.973. The highest BCUT2D eigenvalue weighted by Crippen LogP contribution is 2.26. The number of thiol groups is 1. The van der Waals surface area contributed by atoms with Crippen molar-refractivity contribution < 1.29 is 0 Å². The number of aryl methyl sites for hydroxylation is 1. The molecule has 2 aromatic rings. The van der Waals surface area contributed by atoms with Crippen LogP contribution in [-0.2, 0) is 0 Å². The Bertz CT molecular complexity index is 463. The van der Waals surface area contributed by atoms with Crippen molar-refractivity contribution >= 4 is 29.1 Å². The maximum Gasteiger partial charge on any atom is 0.0393 e. The van der Waals surface area contributed by atoms with Gasteiger partial charge in [0.05, 0.1) is 0 Å². The maximum atomic E-state index is 5.85. The fraction of sp³-hybridized carbons (Fsp3) is 0.0909. The molecule has 13 heavy (non-hydrogen) atoms. The van der Waals surface area contributed by atoms with Gasteiger partial charge in [0.2, 0.25) is 0 Å². The highest BCUT2D eigenvalue weighted by atomic mass is 32.1. The summed E-state index contributed by atoms with van der Waals surface area (Å²) >= 11 is 4.30. The van der Waals surface area contributed by atoms with Crippen LogP contribution >= 0.6 is 12.6 Å². The van der Waals surface area contributed by atoms with Crippen molar-refractivity contribution in [1.82, 2.24) is 0 Å². The molecule has 0 fully saturated rings. The monoisotopic (exact) mass is 189 g/mol. The summed E-state index contributed by atoms with van der Waals surface area (Å²) in [6.45, 7) is 2.08. The van der Waals surface area contributed by atoms with Gasteiger partial charge in [-0.1, -0.05) is 12.1 Å². The van der Waals surface area contributed by atoms with Crippen LogP contribution in [0.3, 0.4) is 0 Å². The molecule has 0 aliphatic carbocycles. The zero-order valence-corrected chi connectivity index (χ0v) is 8.31. The molecule has 0 atom stereocenters. The third-order valence-corrected chi connectivity index (χ3v) is 2.53. The first-order valence-corrected chi connectivity index (χ1v) is 4.61. The van der Waals surface area contributed by atoms with E-state index in [0.717, 1.165) is 16.0 Å². The van der Waals surface area contributed by atoms with Crippen molar-refractivity contribution in [3.05, 3.63) is 35.9 Å². The van der Waals surface area contributed by atoms with Crippen LogP contribution in [0.25, 0.3) is 10.8 Å². The Morgan fingerprint density at radius 1 is 1.08 bits per heavy atom. The zero-order valence-electron chi connectivity index (χ0n) is 7.41. The van der Waals surface area contributed by atoms with Crippen LogP contribution in [-0.4, -0.2) is 0 Å². The van der Waals surface area contributed by atoms with Crippen LogP contribution in [0, 0.1) is 6.92 Å². The third-order valence-electron chi connectivity index (χ3n) is 2.25. The van der Waals surface area contributed by atoms with Gasteiger partial charge in [-0.2, -0.15) is 0 Å². The molecule has 0 saturated heterocycles. The Hall–Kier alpha value is -1.15. The van der Waals surface area contributed by atoms with E-state index >= 15 is 0 Å². The topological polar surface area (TPSA) is 26.0 Å². The number of benzene rings is 2. The van der Waals surface area contributed by atoms with E-state index in [2.05, 4.69) is 19.6 Å². The molecular formula is C11H11NS. The summed E-state index contributed by atoms with van der Waals surface area (Å²) in [7, 11) is 0. The number of hydrogen-bond donors (Lipinski definition) is 2. The summed E-state index contributed by atoms with van der Waals surface area (Å²) in [5.41, 5.74) is 7.91. The van der Waals surface area contributed by atoms with E-state index in [0.29, 0.717) is 0 Å². The van der Waals surface area contributed by atoms with Crippen molar-refractivity contribution in [3.63, 3.8) is 0 Å². The molecule has 0 saturated carbocycles. The summed E-state index contributed by atoms with van der Waals surface area (Å²) in [5.74, 6) is 0. The predicted molar refractivity (Wildman–Crippen MR) is 60.3 cm³/mol. The lowest BCUT2D eigenvalue weighted by atomic mass is 10.0. The van der Waals surface area contributed by atoms with Crippen LogP contribution in [0.4, 0.5) is 5.69 Å². The van der Waals surface area contributed by atoms with Gasteiger partial charge in [-0.3, -0.25) is 0 Å². The van der Waals surface area contributed by atoms with Crippen molar-refractivity contribution in [1.29, 1.82) is 0 Å². The second kappa shape index (κ2) is 2.96. The van der Waals surface area contributed by atoms with Gasteiger partial charge in [0.25, 0.3) is 0 Å². The summed E-state index contributed by atoms with van der Waals surface area (Å²) in [6.07, 6.45) is 0. The van der Waals surface area contributed by atoms with Gasteiger partial charge in [0.1, 0.15) is 0 Å². The summed E-state index contributed by atoms with van der Waals surface area (Å²) < 4.78 is 0. The number of hydrogen-bond acceptors (Lipinski definition) is 2. The van der Waals surface area contributed by atoms with Crippen LogP contribution in [0.15, 0.2) is 35.2 Å². The Balaban J connectivity index is 2.92. The lowest BCUT2D eigenvalue weighted by Gasteiger charge is -2.05. The number of fused-ring (bicyclic) bond motifs is 1. The first-order valence-electron chi connectivity index (χ1n) is 4.16. The van der Waals surface area contributed by atoms with E-state index in [9.17, 15) is 0 Å². The number of nitrogens with two attached hydrogens (primary N) is 1. The van der Waals surface area contributed by atoms with Gasteiger partial charge in [-0.15, -0.1) is 12.6 Å². The molecule has 2 heteroatoms. The van der Waals surface area contributed by atoms with Gasteiger partial charge in [-0.25, -0.2) is 0 Å². The standard InChI is InChI=1S/C11H11NS/c1-7-2-5-11(12)9-4-3-8(13)6-10(7)9/h2-6,13H,12H2,1H3. The van der Waals surface area contributed by atoms with Crippen LogP contribution < -0.4 is 5.73 Å². The Kier molecular flexibility index (Phi) is 1.93. The van der Waals surface area contributed by atoms with Crippen LogP contribution in [0.1, 0.15) is 5.56 Å². The fourth-order valence-electron chi connectivity index (χ4n) is 1.50. The van der Waals surface area contributed by atoms with E-state index in [4.69, 9.17) is 5.73 Å². The third kappa shape index (κ3) is 1.38. The molecule has 0 heterocycles. The molecule has 0 radical (unpaired) electrons. The smallest absolute Gasteiger partial charge is 0.0393 e. The quantitative estimate of drug-likeness (QED) is 0.483. The lowest BCUT2D eigenvalue weighted by Crippen LogP contribution is -1.88. The summed E-state index contributed by atoms with van der Waals surface area (Å²) in [6, 6.07) is 9.99. The van der Waals surface area contributed by atoms with E-state index in [1.54, 1.807) is 0 Å². The molecule has 2 rings (SSSR count). The summed E-state index contributed by atoms with van der Waals surface area (Å²) in [5, 5.41) is 2.30. The minimum Gasteiger partial charge on any atom is -0.398 e. The molecule has 0 bridgehead atoms. The van der Waals surface area contributed by atoms with Crippen molar-refractivity contribution in [2.75, 3.05) is 5.73 Å². The second-order valence-electron chi connectivity index (χ2n) is 3.20. The number of nitrogen functional groups attached to an aromatic ring is 1. The van der Waals surface area contributed by atoms with Crippen LogP contribution in [0.5, 0.6) is 0 Å². The average Bonchev–Trinajstić information content (AvgIpc) is 2.12. The minimum absolute atomic E-state index is 0.828. The number of rotatable bonds is 0. The van der Waals surface area contributed by atoms with Crippen LogP contribution in [0.2, 0.25) is 0 Å². The zero-order chi connectivity index (χ0) is 9.42. The largest absolute Gasteiger partial charge is 0.398 e. The van der Waals surface area contributed by atoms with Gasteiger partial charge in [0, 0.05) is 16.0 Å². The maximum absolute atomic E-state index is 5.85. The SMILES string of the molecule is Cc1ccc(N)c2ccc(S)cc12. The van der Waals surface area contributed by atoms with Gasteiger partial charge in [-0.05, 0) is 36.1 Å². The molecule has 0 aliphatic rings. The normalized spacial score (nSPS) is 10.6. The molecule has 2 N–H and O–H groups in total. The van der Waals surface area contributed by atoms with E-state index in [-0.39, 0.29) is 0 Å². The molecule has 66 valence electrons. The lowest BCUT2D eigenvalue weighted by molar-refractivity contribution is 1.47. The van der Waals surface area contributed by atoms with Gasteiger partial charge in [0.15, 0.2) is 0 Å². The molecule has 0 aliphatic heterocycles. The Morgan fingerprint density at radius 3 is 2.62 bits per heavy atom. The fourth-order valence-corrected chi connectivity index (χ4v) is 1.71. The highest BCUT2D eigenvalue weighted by Gasteiger charge is 2.00. The minimum atomic E-state index is 0.828. The van der Waals surface area contributed by atoms with E-state index in [1.807, 2.05) is 30.3 Å². The van der Waals surface area contributed by atoms with E-state index < -0.39 is 0 Å². The average molecular weight is 189 g/mol. The van der Waals surface area contributed by atoms with Crippen molar-refractivity contribution in [2.45, 2.75) is 11.8 Å². The Morgan fingerprint density at radius 2 is 1.85 bits per heavy atom. The molecule has 0 unspecified atom stereocenters. The molecule has 1 nitrogen and oxygen atoms in total. The highest BCUT2D eigenvalue weighted by molar-refractivity contribution is 7.80. The molecular weight excluding hydrogens is 178 g/mol. The Labute approximate surface area is 83.0 Å².